The van der Waals surface area contributed by atoms with E-state index in [9.17, 15) is 19.3 Å². The fraction of sp³-hybridized carbons (Fsp3) is 0.364. The number of nitro benzene ring substituents is 1. The Morgan fingerprint density at radius 3 is 2.68 bits per heavy atom. The van der Waals surface area contributed by atoms with Gasteiger partial charge in [-0.15, -0.1) is 0 Å². The van der Waals surface area contributed by atoms with Crippen molar-refractivity contribution in [2.45, 2.75) is 6.92 Å². The van der Waals surface area contributed by atoms with Crippen LogP contribution in [0, 0.1) is 19.5 Å². The zero-order chi connectivity index (χ0) is 14.6. The maximum Gasteiger partial charge on any atom is 0.325 e. The van der Waals surface area contributed by atoms with Crippen LogP contribution in [0.1, 0.15) is 6.92 Å². The first kappa shape index (κ1) is 15.6. The summed E-state index contributed by atoms with van der Waals surface area (Å²) in [4.78, 5) is 23.0. The Balaban J connectivity index is 3.25. The predicted molar refractivity (Wildman–Crippen MR) is 75.7 cm³/mol. The number of methoxy groups -OCH3 is 1. The molecule has 0 N–H and O–H groups in total. The number of hydrogen-bond donors (Lipinski definition) is 0. The summed E-state index contributed by atoms with van der Waals surface area (Å²) in [7, 11) is 1.22. The van der Waals surface area contributed by atoms with Gasteiger partial charge in [0.1, 0.15) is 18.0 Å². The maximum atomic E-state index is 13.6. The number of nitrogens with zero attached hydrogens (tertiary/aromatic N) is 2. The van der Waals surface area contributed by atoms with Crippen molar-refractivity contribution >= 4 is 39.9 Å². The van der Waals surface area contributed by atoms with Crippen LogP contribution in [-0.2, 0) is 9.53 Å². The minimum atomic E-state index is -0.600. The van der Waals surface area contributed by atoms with Crippen LogP contribution in [0.3, 0.4) is 0 Å². The molecule has 0 heterocycles. The second-order valence-corrected chi connectivity index (χ2v) is 4.76. The van der Waals surface area contributed by atoms with Crippen LogP contribution in [0.5, 0.6) is 0 Å². The van der Waals surface area contributed by atoms with Gasteiger partial charge in [0.15, 0.2) is 0 Å². The van der Waals surface area contributed by atoms with Crippen molar-refractivity contribution in [2.24, 2.45) is 0 Å². The number of nitro groups is 1. The molecule has 0 aromatic heterocycles. The molecule has 1 aromatic rings. The fourth-order valence-corrected chi connectivity index (χ4v) is 1.96. The third-order valence-corrected chi connectivity index (χ3v) is 3.31. The molecule has 6 nitrogen and oxygen atoms in total. The molecule has 0 aliphatic heterocycles. The van der Waals surface area contributed by atoms with Gasteiger partial charge in [0.05, 0.1) is 15.6 Å². The Morgan fingerprint density at radius 1 is 1.58 bits per heavy atom. The van der Waals surface area contributed by atoms with E-state index >= 15 is 0 Å². The molecular weight excluding hydrogens is 370 g/mol. The first-order valence-corrected chi connectivity index (χ1v) is 6.43. The van der Waals surface area contributed by atoms with Crippen LogP contribution in [0.4, 0.5) is 15.8 Å². The van der Waals surface area contributed by atoms with Gasteiger partial charge in [0.25, 0.3) is 5.69 Å². The number of carbonyl (C=O) groups is 1. The van der Waals surface area contributed by atoms with Crippen LogP contribution in [-0.4, -0.2) is 31.1 Å². The monoisotopic (exact) mass is 382 g/mol. The van der Waals surface area contributed by atoms with E-state index in [1.54, 1.807) is 29.5 Å². The molecule has 0 radical (unpaired) electrons. The van der Waals surface area contributed by atoms with E-state index < -0.39 is 16.7 Å². The van der Waals surface area contributed by atoms with E-state index in [4.69, 9.17) is 0 Å². The largest absolute Gasteiger partial charge is 0.468 e. The lowest BCUT2D eigenvalue weighted by atomic mass is 10.2. The smallest absolute Gasteiger partial charge is 0.325 e. The zero-order valence-corrected chi connectivity index (χ0v) is 12.5. The van der Waals surface area contributed by atoms with Crippen molar-refractivity contribution in [2.75, 3.05) is 25.1 Å². The number of benzene rings is 1. The molecule has 0 atom stereocenters. The topological polar surface area (TPSA) is 72.7 Å². The Hall–Kier alpha value is -1.45. The predicted octanol–water partition coefficient (Wildman–Crippen LogP) is 2.34. The van der Waals surface area contributed by atoms with Crippen LogP contribution in [0.25, 0.3) is 0 Å². The molecule has 0 aliphatic rings. The minimum absolute atomic E-state index is 0.0656. The number of likely N-dealkylation sites (N-methyl/N-ethyl adjacent to an activating group) is 1. The molecule has 0 amide bonds. The normalized spacial score (nSPS) is 10.1. The van der Waals surface area contributed by atoms with Crippen LogP contribution >= 0.6 is 22.6 Å². The van der Waals surface area contributed by atoms with Crippen molar-refractivity contribution in [3.8, 4) is 0 Å². The fourth-order valence-electron chi connectivity index (χ4n) is 1.51. The third kappa shape index (κ3) is 3.75. The van der Waals surface area contributed by atoms with E-state index in [-0.39, 0.29) is 21.5 Å². The van der Waals surface area contributed by atoms with E-state index in [1.165, 1.54) is 12.0 Å². The number of esters is 1. The van der Waals surface area contributed by atoms with Crippen molar-refractivity contribution in [1.82, 2.24) is 0 Å². The van der Waals surface area contributed by atoms with E-state index in [0.29, 0.717) is 6.54 Å². The van der Waals surface area contributed by atoms with Gasteiger partial charge in [0.2, 0.25) is 0 Å². The molecule has 1 aromatic carbocycles. The molecular formula is C11H12FIN2O4. The van der Waals surface area contributed by atoms with E-state index in [1.807, 2.05) is 0 Å². The summed E-state index contributed by atoms with van der Waals surface area (Å²) in [5.74, 6) is -1.11. The van der Waals surface area contributed by atoms with Crippen molar-refractivity contribution in [3.63, 3.8) is 0 Å². The third-order valence-electron chi connectivity index (χ3n) is 2.48. The molecule has 0 bridgehead atoms. The van der Waals surface area contributed by atoms with Gasteiger partial charge in [-0.25, -0.2) is 4.39 Å². The van der Waals surface area contributed by atoms with E-state index in [2.05, 4.69) is 4.74 Å². The molecule has 0 saturated heterocycles. The first-order valence-electron chi connectivity index (χ1n) is 5.35. The molecule has 0 spiro atoms. The molecule has 0 aliphatic carbocycles. The summed E-state index contributed by atoms with van der Waals surface area (Å²) < 4.78 is 18.2. The Morgan fingerprint density at radius 2 is 2.21 bits per heavy atom. The summed E-state index contributed by atoms with van der Waals surface area (Å²) in [5.41, 5.74) is -0.174. The quantitative estimate of drug-likeness (QED) is 0.338. The van der Waals surface area contributed by atoms with Crippen molar-refractivity contribution in [1.29, 1.82) is 0 Å². The number of carbonyl (C=O) groups excluding carboxylic acids is 1. The number of rotatable bonds is 5. The molecule has 1 rings (SSSR count). The summed E-state index contributed by atoms with van der Waals surface area (Å²) in [6, 6.07) is 2.21. The average Bonchev–Trinajstić information content (AvgIpc) is 2.38. The SMILES string of the molecule is CCN(CC(=O)OC)c1cc(F)c(I)cc1[N+](=O)[O-]. The Labute approximate surface area is 122 Å². The van der Waals surface area contributed by atoms with Crippen LogP contribution < -0.4 is 4.90 Å². The highest BCUT2D eigenvalue weighted by atomic mass is 127. The summed E-state index contributed by atoms with van der Waals surface area (Å²) in [6.07, 6.45) is 0. The summed E-state index contributed by atoms with van der Waals surface area (Å²) in [5, 5.41) is 11.0. The molecule has 104 valence electrons. The van der Waals surface area contributed by atoms with Gasteiger partial charge in [-0.2, -0.15) is 0 Å². The minimum Gasteiger partial charge on any atom is -0.468 e. The highest BCUT2D eigenvalue weighted by Gasteiger charge is 2.23. The van der Waals surface area contributed by atoms with Gasteiger partial charge in [0, 0.05) is 18.7 Å². The van der Waals surface area contributed by atoms with Crippen molar-refractivity contribution < 1.29 is 18.8 Å². The second-order valence-electron chi connectivity index (χ2n) is 3.60. The summed E-state index contributed by atoms with van der Waals surface area (Å²) in [6.45, 7) is 1.85. The molecule has 0 fully saturated rings. The molecule has 0 saturated carbocycles. The lowest BCUT2D eigenvalue weighted by molar-refractivity contribution is -0.384. The van der Waals surface area contributed by atoms with Gasteiger partial charge < -0.3 is 9.64 Å². The zero-order valence-electron chi connectivity index (χ0n) is 10.4. The first-order chi connectivity index (χ1) is 8.90. The number of anilines is 1. The van der Waals surface area contributed by atoms with Gasteiger partial charge in [-0.3, -0.25) is 14.9 Å². The van der Waals surface area contributed by atoms with Crippen molar-refractivity contribution in [3.05, 3.63) is 31.6 Å². The second kappa shape index (κ2) is 6.64. The lowest BCUT2D eigenvalue weighted by Crippen LogP contribution is -2.31. The Bertz CT molecular complexity index is 510. The number of ether oxygens (including phenoxy) is 1. The van der Waals surface area contributed by atoms with Crippen LogP contribution in [0.15, 0.2) is 12.1 Å². The standard InChI is InChI=1S/C11H12FIN2O4/c1-3-14(6-11(16)19-2)9-4-7(12)8(13)5-10(9)15(17)18/h4-5H,3,6H2,1-2H3. The number of halogens is 2. The molecule has 19 heavy (non-hydrogen) atoms. The number of hydrogen-bond acceptors (Lipinski definition) is 5. The summed E-state index contributed by atoms with van der Waals surface area (Å²) >= 11 is 1.68. The highest BCUT2D eigenvalue weighted by Crippen LogP contribution is 2.31. The molecule has 8 heteroatoms. The van der Waals surface area contributed by atoms with Crippen LogP contribution in [0.2, 0.25) is 0 Å². The highest BCUT2D eigenvalue weighted by molar-refractivity contribution is 14.1. The molecule has 0 unspecified atom stereocenters. The van der Waals surface area contributed by atoms with Gasteiger partial charge in [-0.05, 0) is 29.5 Å². The lowest BCUT2D eigenvalue weighted by Gasteiger charge is -2.21. The average molecular weight is 382 g/mol. The maximum absolute atomic E-state index is 13.6. The van der Waals surface area contributed by atoms with Gasteiger partial charge in [-0.1, -0.05) is 0 Å². The van der Waals surface area contributed by atoms with E-state index in [0.717, 1.165) is 12.1 Å². The Kier molecular flexibility index (Phi) is 5.45. The van der Waals surface area contributed by atoms with Gasteiger partial charge >= 0.3 is 5.97 Å².